The lowest BCUT2D eigenvalue weighted by Crippen LogP contribution is -2.31. The molecule has 0 spiro atoms. The number of anilines is 1. The van der Waals surface area contributed by atoms with Gasteiger partial charge in [0.1, 0.15) is 15.8 Å². The van der Waals surface area contributed by atoms with Crippen LogP contribution in [0.2, 0.25) is 0 Å². The fourth-order valence-electron chi connectivity index (χ4n) is 3.72. The van der Waals surface area contributed by atoms with Crippen LogP contribution in [-0.4, -0.2) is 42.7 Å². The van der Waals surface area contributed by atoms with Crippen LogP contribution >= 0.6 is 24.0 Å². The minimum Gasteiger partial charge on any atom is -0.387 e. The Morgan fingerprint density at radius 2 is 1.91 bits per heavy atom. The number of thiocarbonyl (C=S) groups is 1. The van der Waals surface area contributed by atoms with Crippen LogP contribution in [0, 0.1) is 12.8 Å². The van der Waals surface area contributed by atoms with E-state index < -0.39 is 6.10 Å². The second-order valence-electron chi connectivity index (χ2n) is 8.56. The van der Waals surface area contributed by atoms with Gasteiger partial charge in [0.15, 0.2) is 0 Å². The number of hydrogen-bond acceptors (Lipinski definition) is 7. The summed E-state index contributed by atoms with van der Waals surface area (Å²) in [5.41, 5.74) is 2.03. The Morgan fingerprint density at radius 3 is 2.62 bits per heavy atom. The van der Waals surface area contributed by atoms with E-state index in [0.29, 0.717) is 27.2 Å². The van der Waals surface area contributed by atoms with Crippen LogP contribution in [0.5, 0.6) is 0 Å². The van der Waals surface area contributed by atoms with Gasteiger partial charge in [-0.25, -0.2) is 4.98 Å². The van der Waals surface area contributed by atoms with Gasteiger partial charge < -0.3 is 10.4 Å². The monoisotopic (exact) mass is 494 g/mol. The highest BCUT2D eigenvalue weighted by atomic mass is 32.2. The summed E-state index contributed by atoms with van der Waals surface area (Å²) in [5.74, 6) is 0.352. The third kappa shape index (κ3) is 4.91. The molecule has 34 heavy (non-hydrogen) atoms. The van der Waals surface area contributed by atoms with E-state index in [1.54, 1.807) is 23.2 Å². The second-order valence-corrected chi connectivity index (χ2v) is 10.2. The molecular weight excluding hydrogens is 468 g/mol. The third-order valence-corrected chi connectivity index (χ3v) is 6.81. The topological polar surface area (TPSA) is 86.9 Å². The molecule has 1 aliphatic heterocycles. The fraction of sp³-hybridized carbons (Fsp3) is 0.280. The number of carbonyl (C=O) groups excluding carboxylic acids is 1. The highest BCUT2D eigenvalue weighted by molar-refractivity contribution is 8.26. The molecular formula is C25H26N4O3S2. The molecule has 0 radical (unpaired) electrons. The minimum absolute atomic E-state index is 0.146. The number of aromatic nitrogens is 2. The number of aryl methyl sites for hydroxylation is 1. The van der Waals surface area contributed by atoms with Crippen molar-refractivity contribution in [1.29, 1.82) is 0 Å². The summed E-state index contributed by atoms with van der Waals surface area (Å²) in [4.78, 5) is 33.1. The van der Waals surface area contributed by atoms with E-state index in [4.69, 9.17) is 12.2 Å². The SMILES string of the molecule is Cc1cccn2c(=O)c(C=C3SC(=S)N(CC(C)C)C3=O)c(NCC(O)c3ccccc3)nc12. The molecule has 4 rings (SSSR count). The molecule has 7 nitrogen and oxygen atoms in total. The van der Waals surface area contributed by atoms with Gasteiger partial charge in [-0.15, -0.1) is 0 Å². The number of aliphatic hydroxyl groups excluding tert-OH is 1. The Bertz CT molecular complexity index is 1340. The summed E-state index contributed by atoms with van der Waals surface area (Å²) < 4.78 is 1.94. The summed E-state index contributed by atoms with van der Waals surface area (Å²) >= 11 is 6.59. The summed E-state index contributed by atoms with van der Waals surface area (Å²) in [7, 11) is 0. The summed E-state index contributed by atoms with van der Waals surface area (Å²) in [6.07, 6.45) is 2.41. The van der Waals surface area contributed by atoms with E-state index >= 15 is 0 Å². The van der Waals surface area contributed by atoms with E-state index in [0.717, 1.165) is 11.1 Å². The number of nitrogens with one attached hydrogen (secondary N) is 1. The molecule has 9 heteroatoms. The second kappa shape index (κ2) is 10.1. The number of benzene rings is 1. The van der Waals surface area contributed by atoms with Gasteiger partial charge in [-0.1, -0.05) is 74.2 Å². The number of rotatable bonds is 7. The number of amides is 1. The van der Waals surface area contributed by atoms with Crippen molar-refractivity contribution < 1.29 is 9.90 Å². The van der Waals surface area contributed by atoms with Crippen molar-refractivity contribution >= 4 is 51.7 Å². The maximum Gasteiger partial charge on any atom is 0.267 e. The van der Waals surface area contributed by atoms with Crippen molar-refractivity contribution in [2.45, 2.75) is 26.9 Å². The normalized spacial score (nSPS) is 16.1. The van der Waals surface area contributed by atoms with Crippen molar-refractivity contribution in [2.24, 2.45) is 5.92 Å². The molecule has 1 atom stereocenters. The number of pyridine rings is 1. The number of thioether (sulfide) groups is 1. The predicted octanol–water partition coefficient (Wildman–Crippen LogP) is 4.01. The van der Waals surface area contributed by atoms with Crippen LogP contribution in [0.25, 0.3) is 11.7 Å². The van der Waals surface area contributed by atoms with E-state index in [9.17, 15) is 14.7 Å². The van der Waals surface area contributed by atoms with Crippen molar-refractivity contribution in [3.8, 4) is 0 Å². The zero-order valence-corrected chi connectivity index (χ0v) is 20.8. The molecule has 0 bridgehead atoms. The molecule has 1 aromatic carbocycles. The van der Waals surface area contributed by atoms with Gasteiger partial charge in [0.25, 0.3) is 11.5 Å². The van der Waals surface area contributed by atoms with Crippen molar-refractivity contribution in [2.75, 3.05) is 18.4 Å². The molecule has 0 aliphatic carbocycles. The lowest BCUT2D eigenvalue weighted by molar-refractivity contribution is -0.122. The molecule has 0 saturated carbocycles. The van der Waals surface area contributed by atoms with Crippen molar-refractivity contribution in [3.63, 3.8) is 0 Å². The quantitative estimate of drug-likeness (QED) is 0.379. The molecule has 1 amide bonds. The first-order valence-corrected chi connectivity index (χ1v) is 12.2. The molecule has 1 unspecified atom stereocenters. The van der Waals surface area contributed by atoms with E-state index in [2.05, 4.69) is 10.3 Å². The smallest absolute Gasteiger partial charge is 0.267 e. The minimum atomic E-state index is -0.796. The lowest BCUT2D eigenvalue weighted by atomic mass is 10.1. The molecule has 176 valence electrons. The molecule has 3 aromatic rings. The molecule has 1 saturated heterocycles. The van der Waals surface area contributed by atoms with Gasteiger partial charge in [0.2, 0.25) is 0 Å². The zero-order chi connectivity index (χ0) is 24.4. The van der Waals surface area contributed by atoms with Gasteiger partial charge >= 0.3 is 0 Å². The number of hydrogen-bond donors (Lipinski definition) is 2. The van der Waals surface area contributed by atoms with E-state index in [1.807, 2.05) is 57.2 Å². The lowest BCUT2D eigenvalue weighted by Gasteiger charge is -2.16. The Balaban J connectivity index is 1.75. The third-order valence-electron chi connectivity index (χ3n) is 5.43. The average Bonchev–Trinajstić information content (AvgIpc) is 3.07. The van der Waals surface area contributed by atoms with Crippen LogP contribution in [0.15, 0.2) is 58.4 Å². The van der Waals surface area contributed by atoms with Crippen LogP contribution in [-0.2, 0) is 4.79 Å². The molecule has 3 heterocycles. The first-order valence-electron chi connectivity index (χ1n) is 11.0. The van der Waals surface area contributed by atoms with Crippen molar-refractivity contribution in [3.05, 3.63) is 80.6 Å². The average molecular weight is 495 g/mol. The molecule has 2 aromatic heterocycles. The maximum absolute atomic E-state index is 13.5. The predicted molar refractivity (Wildman–Crippen MR) is 141 cm³/mol. The van der Waals surface area contributed by atoms with Gasteiger partial charge in [-0.3, -0.25) is 18.9 Å². The van der Waals surface area contributed by atoms with Crippen LogP contribution in [0.1, 0.15) is 36.6 Å². The Hall–Kier alpha value is -3.01. The highest BCUT2D eigenvalue weighted by Crippen LogP contribution is 2.33. The van der Waals surface area contributed by atoms with E-state index in [-0.39, 0.29) is 29.5 Å². The number of aliphatic hydroxyl groups is 1. The summed E-state index contributed by atoms with van der Waals surface area (Å²) in [5, 5.41) is 13.7. The standard InChI is InChI=1S/C25H26N4O3S2/c1-15(2)14-29-24(32)20(34-25(29)33)12-18-21(26-13-19(30)17-9-5-4-6-10-17)27-22-16(3)8-7-11-28(22)23(18)31/h4-12,15,19,26,30H,13-14H2,1-3H3. The van der Waals surface area contributed by atoms with Gasteiger partial charge in [0, 0.05) is 19.3 Å². The van der Waals surface area contributed by atoms with Crippen LogP contribution in [0.4, 0.5) is 5.82 Å². The Labute approximate surface area is 207 Å². The molecule has 1 aliphatic rings. The first kappa shape index (κ1) is 24.1. The molecule has 1 fully saturated rings. The number of carbonyl (C=O) groups is 1. The summed E-state index contributed by atoms with van der Waals surface area (Å²) in [6.45, 7) is 6.58. The highest BCUT2D eigenvalue weighted by Gasteiger charge is 2.33. The van der Waals surface area contributed by atoms with E-state index in [1.165, 1.54) is 16.2 Å². The Kier molecular flexibility index (Phi) is 7.16. The van der Waals surface area contributed by atoms with Gasteiger partial charge in [-0.05, 0) is 36.1 Å². The molecule has 2 N–H and O–H groups in total. The fourth-order valence-corrected chi connectivity index (χ4v) is 4.97. The zero-order valence-electron chi connectivity index (χ0n) is 19.2. The first-order chi connectivity index (χ1) is 16.3. The number of fused-ring (bicyclic) bond motifs is 1. The van der Waals surface area contributed by atoms with Gasteiger partial charge in [-0.2, -0.15) is 0 Å². The van der Waals surface area contributed by atoms with Gasteiger partial charge in [0.05, 0.1) is 16.6 Å². The number of nitrogens with zero attached hydrogens (tertiary/aromatic N) is 3. The van der Waals surface area contributed by atoms with Crippen LogP contribution < -0.4 is 10.9 Å². The summed E-state index contributed by atoms with van der Waals surface area (Å²) in [6, 6.07) is 12.9. The largest absolute Gasteiger partial charge is 0.387 e. The Morgan fingerprint density at radius 1 is 1.18 bits per heavy atom. The van der Waals surface area contributed by atoms with Crippen LogP contribution in [0.3, 0.4) is 0 Å². The van der Waals surface area contributed by atoms with Crippen molar-refractivity contribution in [1.82, 2.24) is 14.3 Å². The maximum atomic E-state index is 13.5.